The lowest BCUT2D eigenvalue weighted by Gasteiger charge is -2.29. The van der Waals surface area contributed by atoms with Crippen LogP contribution in [0.5, 0.6) is 0 Å². The molecule has 0 spiro atoms. The minimum atomic E-state index is 0.301. The fourth-order valence-electron chi connectivity index (χ4n) is 1.92. The number of nitrogens with zero attached hydrogens (tertiary/aromatic N) is 2. The predicted molar refractivity (Wildman–Crippen MR) is 69.7 cm³/mol. The van der Waals surface area contributed by atoms with Gasteiger partial charge in [-0.15, -0.1) is 0 Å². The molecule has 0 aromatic carbocycles. The molecule has 0 unspecified atom stereocenters. The van der Waals surface area contributed by atoms with Crippen LogP contribution < -0.4 is 10.2 Å². The SMILES string of the molecule is CNCc1cnccc1N(C)CC(C)(C)C. The van der Waals surface area contributed by atoms with Crippen molar-refractivity contribution in [3.63, 3.8) is 0 Å². The van der Waals surface area contributed by atoms with Crippen LogP contribution in [0.1, 0.15) is 26.3 Å². The second-order valence-electron chi connectivity index (χ2n) is 5.45. The first kappa shape index (κ1) is 13.0. The third-order valence-corrected chi connectivity index (χ3v) is 2.37. The second kappa shape index (κ2) is 5.30. The first-order valence-corrected chi connectivity index (χ1v) is 5.72. The number of hydrogen-bond donors (Lipinski definition) is 1. The molecule has 0 saturated carbocycles. The topological polar surface area (TPSA) is 28.2 Å². The van der Waals surface area contributed by atoms with Crippen LogP contribution in [-0.4, -0.2) is 25.6 Å². The normalized spacial score (nSPS) is 11.6. The van der Waals surface area contributed by atoms with E-state index >= 15 is 0 Å². The molecule has 3 nitrogen and oxygen atoms in total. The highest BCUT2D eigenvalue weighted by molar-refractivity contribution is 5.51. The van der Waals surface area contributed by atoms with Gasteiger partial charge in [0, 0.05) is 43.8 Å². The van der Waals surface area contributed by atoms with Gasteiger partial charge in [0.05, 0.1) is 0 Å². The molecular formula is C13H23N3. The van der Waals surface area contributed by atoms with Gasteiger partial charge in [0.25, 0.3) is 0 Å². The number of rotatable bonds is 4. The van der Waals surface area contributed by atoms with Crippen LogP contribution in [0.25, 0.3) is 0 Å². The Bertz CT molecular complexity index is 328. The molecule has 0 aliphatic heterocycles. The predicted octanol–water partition coefficient (Wildman–Crippen LogP) is 2.28. The summed E-state index contributed by atoms with van der Waals surface area (Å²) >= 11 is 0. The molecule has 1 aromatic heterocycles. The van der Waals surface area contributed by atoms with E-state index in [9.17, 15) is 0 Å². The maximum absolute atomic E-state index is 4.18. The van der Waals surface area contributed by atoms with Gasteiger partial charge < -0.3 is 10.2 Å². The van der Waals surface area contributed by atoms with Crippen LogP contribution in [0.15, 0.2) is 18.5 Å². The van der Waals surface area contributed by atoms with Gasteiger partial charge in [0.2, 0.25) is 0 Å². The molecule has 0 saturated heterocycles. The summed E-state index contributed by atoms with van der Waals surface area (Å²) in [6.45, 7) is 8.65. The molecule has 0 amide bonds. The van der Waals surface area contributed by atoms with Crippen LogP contribution >= 0.6 is 0 Å². The van der Waals surface area contributed by atoms with E-state index in [-0.39, 0.29) is 0 Å². The molecule has 0 aliphatic carbocycles. The Kier molecular flexibility index (Phi) is 4.30. The van der Waals surface area contributed by atoms with Crippen molar-refractivity contribution in [3.8, 4) is 0 Å². The number of pyridine rings is 1. The second-order valence-corrected chi connectivity index (χ2v) is 5.45. The molecule has 0 atom stereocenters. The Hall–Kier alpha value is -1.09. The average Bonchev–Trinajstić information content (AvgIpc) is 2.16. The van der Waals surface area contributed by atoms with Gasteiger partial charge in [-0.1, -0.05) is 20.8 Å². The maximum atomic E-state index is 4.18. The van der Waals surface area contributed by atoms with Crippen molar-refractivity contribution in [3.05, 3.63) is 24.0 Å². The van der Waals surface area contributed by atoms with Gasteiger partial charge >= 0.3 is 0 Å². The van der Waals surface area contributed by atoms with Crippen LogP contribution in [-0.2, 0) is 6.54 Å². The highest BCUT2D eigenvalue weighted by Gasteiger charge is 2.15. The van der Waals surface area contributed by atoms with Gasteiger partial charge in [-0.05, 0) is 18.5 Å². The third-order valence-electron chi connectivity index (χ3n) is 2.37. The van der Waals surface area contributed by atoms with Crippen molar-refractivity contribution >= 4 is 5.69 Å². The first-order valence-electron chi connectivity index (χ1n) is 5.72. The number of aromatic nitrogens is 1. The zero-order chi connectivity index (χ0) is 12.2. The quantitative estimate of drug-likeness (QED) is 0.845. The fraction of sp³-hybridized carbons (Fsp3) is 0.615. The van der Waals surface area contributed by atoms with Gasteiger partial charge in [0.15, 0.2) is 0 Å². The van der Waals surface area contributed by atoms with E-state index in [0.29, 0.717) is 5.41 Å². The molecule has 1 rings (SSSR count). The average molecular weight is 221 g/mol. The van der Waals surface area contributed by atoms with Crippen molar-refractivity contribution in [1.82, 2.24) is 10.3 Å². The molecule has 1 heterocycles. The van der Waals surface area contributed by atoms with E-state index < -0.39 is 0 Å². The molecule has 3 heteroatoms. The van der Waals surface area contributed by atoms with Crippen molar-refractivity contribution in [2.24, 2.45) is 5.41 Å². The molecule has 0 fully saturated rings. The number of nitrogens with one attached hydrogen (secondary N) is 1. The lowest BCUT2D eigenvalue weighted by molar-refractivity contribution is 0.418. The standard InChI is InChI=1S/C13H23N3/c1-13(2,3)10-16(5)12-6-7-15-9-11(12)8-14-4/h6-7,9,14H,8,10H2,1-5H3. The minimum absolute atomic E-state index is 0.301. The van der Waals surface area contributed by atoms with Gasteiger partial charge in [-0.2, -0.15) is 0 Å². The largest absolute Gasteiger partial charge is 0.374 e. The van der Waals surface area contributed by atoms with E-state index in [4.69, 9.17) is 0 Å². The molecule has 16 heavy (non-hydrogen) atoms. The van der Waals surface area contributed by atoms with Crippen LogP contribution in [0.3, 0.4) is 0 Å². The highest BCUT2D eigenvalue weighted by atomic mass is 15.1. The monoisotopic (exact) mass is 221 g/mol. The lowest BCUT2D eigenvalue weighted by atomic mass is 9.96. The maximum Gasteiger partial charge on any atom is 0.0440 e. The summed E-state index contributed by atoms with van der Waals surface area (Å²) in [4.78, 5) is 6.48. The van der Waals surface area contributed by atoms with E-state index in [0.717, 1.165) is 13.1 Å². The highest BCUT2D eigenvalue weighted by Crippen LogP contribution is 2.22. The summed E-state index contributed by atoms with van der Waals surface area (Å²) in [6.07, 6.45) is 3.79. The fourth-order valence-corrected chi connectivity index (χ4v) is 1.92. The van der Waals surface area contributed by atoms with Crippen molar-refractivity contribution in [1.29, 1.82) is 0 Å². The first-order chi connectivity index (χ1) is 7.44. The van der Waals surface area contributed by atoms with E-state index in [1.165, 1.54) is 11.3 Å². The third kappa shape index (κ3) is 3.81. The smallest absolute Gasteiger partial charge is 0.0440 e. The summed E-state index contributed by atoms with van der Waals surface area (Å²) in [6, 6.07) is 2.08. The molecular weight excluding hydrogens is 198 g/mol. The zero-order valence-electron chi connectivity index (χ0n) is 11.0. The Morgan fingerprint density at radius 1 is 1.38 bits per heavy atom. The molecule has 90 valence electrons. The number of hydrogen-bond acceptors (Lipinski definition) is 3. The van der Waals surface area contributed by atoms with Crippen molar-refractivity contribution < 1.29 is 0 Å². The Balaban J connectivity index is 2.85. The summed E-state index contributed by atoms with van der Waals surface area (Å²) in [5, 5.41) is 3.18. The Labute approximate surface area is 98.9 Å². The van der Waals surface area contributed by atoms with Crippen LogP contribution in [0.2, 0.25) is 0 Å². The van der Waals surface area contributed by atoms with Crippen molar-refractivity contribution in [2.45, 2.75) is 27.3 Å². The minimum Gasteiger partial charge on any atom is -0.374 e. The van der Waals surface area contributed by atoms with Crippen LogP contribution in [0, 0.1) is 5.41 Å². The lowest BCUT2D eigenvalue weighted by Crippen LogP contribution is -2.30. The number of anilines is 1. The molecule has 1 aromatic rings. The van der Waals surface area contributed by atoms with Gasteiger partial charge in [-0.25, -0.2) is 0 Å². The van der Waals surface area contributed by atoms with Gasteiger partial charge in [-0.3, -0.25) is 4.98 Å². The van der Waals surface area contributed by atoms with Crippen LogP contribution in [0.4, 0.5) is 5.69 Å². The Morgan fingerprint density at radius 3 is 2.62 bits per heavy atom. The summed E-state index contributed by atoms with van der Waals surface area (Å²) < 4.78 is 0. The van der Waals surface area contributed by atoms with E-state index in [2.05, 4.69) is 49.1 Å². The van der Waals surface area contributed by atoms with Crippen molar-refractivity contribution in [2.75, 3.05) is 25.5 Å². The molecule has 1 N–H and O–H groups in total. The summed E-state index contributed by atoms with van der Waals surface area (Å²) in [7, 11) is 4.10. The van der Waals surface area contributed by atoms with E-state index in [1.807, 2.05) is 19.4 Å². The molecule has 0 radical (unpaired) electrons. The van der Waals surface area contributed by atoms with E-state index in [1.54, 1.807) is 0 Å². The molecule has 0 bridgehead atoms. The van der Waals surface area contributed by atoms with Gasteiger partial charge in [0.1, 0.15) is 0 Å². The summed E-state index contributed by atoms with van der Waals surface area (Å²) in [5.41, 5.74) is 2.81. The summed E-state index contributed by atoms with van der Waals surface area (Å²) in [5.74, 6) is 0. The zero-order valence-corrected chi connectivity index (χ0v) is 11.0. The molecule has 0 aliphatic rings. The Morgan fingerprint density at radius 2 is 2.06 bits per heavy atom.